The first-order chi connectivity index (χ1) is 13.5. The quantitative estimate of drug-likeness (QED) is 0.684. The minimum Gasteiger partial charge on any atom is -0.508 e. The predicted octanol–water partition coefficient (Wildman–Crippen LogP) is 4.50. The molecule has 0 bridgehead atoms. The van der Waals surface area contributed by atoms with Gasteiger partial charge in [-0.15, -0.1) is 0 Å². The molecule has 0 spiro atoms. The number of aliphatic imine (C=N–C) groups is 1. The highest BCUT2D eigenvalue weighted by molar-refractivity contribution is 6.33. The summed E-state index contributed by atoms with van der Waals surface area (Å²) in [4.78, 5) is 18.8. The van der Waals surface area contributed by atoms with Crippen molar-refractivity contribution in [3.8, 4) is 5.75 Å². The Kier molecular flexibility index (Phi) is 4.45. The number of aromatic hydroxyl groups is 1. The summed E-state index contributed by atoms with van der Waals surface area (Å²) in [5.41, 5.74) is 1.29. The molecule has 0 atom stereocenters. The van der Waals surface area contributed by atoms with Gasteiger partial charge in [-0.25, -0.2) is 13.8 Å². The zero-order valence-corrected chi connectivity index (χ0v) is 14.5. The maximum absolute atomic E-state index is 14.0. The first-order valence-electron chi connectivity index (χ1n) is 8.47. The molecule has 1 aliphatic rings. The van der Waals surface area contributed by atoms with Gasteiger partial charge >= 0.3 is 0 Å². The van der Waals surface area contributed by atoms with E-state index in [-0.39, 0.29) is 17.0 Å². The van der Waals surface area contributed by atoms with E-state index in [0.29, 0.717) is 17.1 Å². The molecule has 1 aliphatic heterocycles. The number of nitrogens with zero attached hydrogens (tertiary/aromatic N) is 2. The van der Waals surface area contributed by atoms with Crippen molar-refractivity contribution in [1.82, 2.24) is 0 Å². The smallest absolute Gasteiger partial charge is 0.282 e. The van der Waals surface area contributed by atoms with Crippen LogP contribution in [-0.2, 0) is 4.79 Å². The first-order valence-corrected chi connectivity index (χ1v) is 8.47. The summed E-state index contributed by atoms with van der Waals surface area (Å²) in [5, 5.41) is 9.53. The number of phenolic OH excluding ortho intramolecular Hbond substituents is 1. The van der Waals surface area contributed by atoms with Gasteiger partial charge in [-0.05, 0) is 60.7 Å². The lowest BCUT2D eigenvalue weighted by atomic mass is 10.1. The maximum atomic E-state index is 14.0. The van der Waals surface area contributed by atoms with E-state index in [4.69, 9.17) is 0 Å². The number of carbonyl (C=O) groups excluding carboxylic acids is 1. The number of halogens is 2. The highest BCUT2D eigenvalue weighted by Gasteiger charge is 2.32. The third kappa shape index (κ3) is 3.27. The summed E-state index contributed by atoms with van der Waals surface area (Å²) in [6.07, 6.45) is 1.38. The van der Waals surface area contributed by atoms with Crippen LogP contribution in [0.5, 0.6) is 5.75 Å². The second-order valence-corrected chi connectivity index (χ2v) is 6.15. The van der Waals surface area contributed by atoms with Gasteiger partial charge in [0.15, 0.2) is 0 Å². The molecule has 0 fully saturated rings. The van der Waals surface area contributed by atoms with Crippen molar-refractivity contribution in [3.05, 3.63) is 101 Å². The average molecular weight is 376 g/mol. The molecule has 3 aromatic rings. The van der Waals surface area contributed by atoms with Crippen LogP contribution in [0.2, 0.25) is 0 Å². The number of carbonyl (C=O) groups is 1. The summed E-state index contributed by atoms with van der Waals surface area (Å²) in [7, 11) is 0. The Hall–Kier alpha value is -3.80. The molecule has 0 saturated carbocycles. The first kappa shape index (κ1) is 17.6. The van der Waals surface area contributed by atoms with Crippen molar-refractivity contribution in [3.63, 3.8) is 0 Å². The molecule has 1 heterocycles. The van der Waals surface area contributed by atoms with E-state index in [2.05, 4.69) is 4.99 Å². The van der Waals surface area contributed by atoms with E-state index in [9.17, 15) is 18.7 Å². The largest absolute Gasteiger partial charge is 0.508 e. The predicted molar refractivity (Wildman–Crippen MR) is 103 cm³/mol. The van der Waals surface area contributed by atoms with Gasteiger partial charge in [-0.2, -0.15) is 0 Å². The molecule has 0 saturated heterocycles. The molecule has 0 radical (unpaired) electrons. The van der Waals surface area contributed by atoms with Crippen LogP contribution in [0.4, 0.5) is 14.5 Å². The van der Waals surface area contributed by atoms with E-state index in [1.807, 2.05) is 0 Å². The van der Waals surface area contributed by atoms with Gasteiger partial charge in [-0.3, -0.25) is 9.69 Å². The summed E-state index contributed by atoms with van der Waals surface area (Å²) in [6.45, 7) is 0. The Balaban J connectivity index is 1.84. The third-order valence-corrected chi connectivity index (χ3v) is 4.27. The van der Waals surface area contributed by atoms with Gasteiger partial charge in [-0.1, -0.05) is 18.2 Å². The van der Waals surface area contributed by atoms with Crippen LogP contribution < -0.4 is 4.90 Å². The van der Waals surface area contributed by atoms with Crippen LogP contribution in [-0.4, -0.2) is 16.8 Å². The topological polar surface area (TPSA) is 52.9 Å². The zero-order valence-electron chi connectivity index (χ0n) is 14.5. The van der Waals surface area contributed by atoms with Crippen LogP contribution in [0.15, 0.2) is 83.5 Å². The van der Waals surface area contributed by atoms with E-state index in [1.165, 1.54) is 53.4 Å². The minimum absolute atomic E-state index is 0.0532. The fraction of sp³-hybridized carbons (Fsp3) is 0. The highest BCUT2D eigenvalue weighted by atomic mass is 19.1. The Morgan fingerprint density at radius 1 is 0.893 bits per heavy atom. The summed E-state index contributed by atoms with van der Waals surface area (Å²) in [5.74, 6) is -0.985. The molecule has 3 aromatic carbocycles. The Labute approximate surface area is 159 Å². The van der Waals surface area contributed by atoms with E-state index >= 15 is 0 Å². The molecule has 138 valence electrons. The van der Waals surface area contributed by atoms with E-state index < -0.39 is 17.5 Å². The standard InChI is InChI=1S/C22H14F2N2O2/c23-16-7-5-14(6-8-16)21-25-20(13-15-3-1-2-4-19(15)24)22(28)26(21)17-9-11-18(27)12-10-17/h1-13,27H/b20-13+. The number of hydrogen-bond acceptors (Lipinski definition) is 3. The number of benzene rings is 3. The summed E-state index contributed by atoms with van der Waals surface area (Å²) < 4.78 is 27.3. The number of rotatable bonds is 3. The normalized spacial score (nSPS) is 15.2. The highest BCUT2D eigenvalue weighted by Crippen LogP contribution is 2.29. The second kappa shape index (κ2) is 7.08. The Morgan fingerprint density at radius 2 is 1.57 bits per heavy atom. The number of hydrogen-bond donors (Lipinski definition) is 1. The molecule has 6 heteroatoms. The van der Waals surface area contributed by atoms with Gasteiger partial charge in [0, 0.05) is 11.1 Å². The van der Waals surface area contributed by atoms with Crippen LogP contribution in [0, 0.1) is 11.6 Å². The number of phenols is 1. The zero-order chi connectivity index (χ0) is 19.7. The van der Waals surface area contributed by atoms with Gasteiger partial charge in [0.25, 0.3) is 5.91 Å². The molecule has 0 unspecified atom stereocenters. The Bertz CT molecular complexity index is 1100. The van der Waals surface area contributed by atoms with Gasteiger partial charge in [0.2, 0.25) is 0 Å². The van der Waals surface area contributed by atoms with E-state index in [1.54, 1.807) is 30.3 Å². The Morgan fingerprint density at radius 3 is 2.25 bits per heavy atom. The summed E-state index contributed by atoms with van der Waals surface area (Å²) >= 11 is 0. The van der Waals surface area contributed by atoms with Crippen molar-refractivity contribution < 1.29 is 18.7 Å². The third-order valence-electron chi connectivity index (χ3n) is 4.27. The summed E-state index contributed by atoms with van der Waals surface area (Å²) in [6, 6.07) is 17.7. The molecular formula is C22H14F2N2O2. The minimum atomic E-state index is -0.468. The van der Waals surface area contributed by atoms with Gasteiger partial charge in [0.05, 0.1) is 5.69 Å². The fourth-order valence-electron chi connectivity index (χ4n) is 2.89. The molecule has 1 N–H and O–H groups in total. The second-order valence-electron chi connectivity index (χ2n) is 6.15. The average Bonchev–Trinajstić information content (AvgIpc) is 3.01. The molecule has 28 heavy (non-hydrogen) atoms. The lowest BCUT2D eigenvalue weighted by Gasteiger charge is -2.18. The maximum Gasteiger partial charge on any atom is 0.282 e. The lowest BCUT2D eigenvalue weighted by molar-refractivity contribution is -0.113. The molecular weight excluding hydrogens is 362 g/mol. The van der Waals surface area contributed by atoms with Crippen LogP contribution in [0.25, 0.3) is 6.08 Å². The molecule has 0 aliphatic carbocycles. The van der Waals surface area contributed by atoms with Gasteiger partial charge in [0.1, 0.15) is 28.9 Å². The fourth-order valence-corrected chi connectivity index (χ4v) is 2.89. The molecule has 4 rings (SSSR count). The van der Waals surface area contributed by atoms with Crippen LogP contribution >= 0.6 is 0 Å². The SMILES string of the molecule is O=C1/C(=C\c2ccccc2F)N=C(c2ccc(F)cc2)N1c1ccc(O)cc1. The van der Waals surface area contributed by atoms with Crippen LogP contribution in [0.1, 0.15) is 11.1 Å². The molecule has 1 amide bonds. The van der Waals surface area contributed by atoms with Crippen molar-refractivity contribution in [2.24, 2.45) is 4.99 Å². The van der Waals surface area contributed by atoms with E-state index in [0.717, 1.165) is 0 Å². The number of anilines is 1. The number of amides is 1. The monoisotopic (exact) mass is 376 g/mol. The van der Waals surface area contributed by atoms with Crippen LogP contribution in [0.3, 0.4) is 0 Å². The van der Waals surface area contributed by atoms with Crippen molar-refractivity contribution in [1.29, 1.82) is 0 Å². The molecule has 0 aromatic heterocycles. The van der Waals surface area contributed by atoms with Crippen molar-refractivity contribution in [2.45, 2.75) is 0 Å². The lowest BCUT2D eigenvalue weighted by Crippen LogP contribution is -2.32. The van der Waals surface area contributed by atoms with Crippen molar-refractivity contribution >= 4 is 23.5 Å². The number of amidine groups is 1. The molecule has 4 nitrogen and oxygen atoms in total. The van der Waals surface area contributed by atoms with Gasteiger partial charge < -0.3 is 5.11 Å². The van der Waals surface area contributed by atoms with Crippen molar-refractivity contribution in [2.75, 3.05) is 4.90 Å².